The molecule has 0 spiro atoms. The normalized spacial score (nSPS) is 11.8. The van der Waals surface area contributed by atoms with Gasteiger partial charge in [-0.1, -0.05) is 176 Å². The Morgan fingerprint density at radius 1 is 0.266 bits per heavy atom. The number of aromatic nitrogens is 5. The first-order chi connectivity index (χ1) is 31.7. The molecule has 5 nitrogen and oxygen atoms in total. The number of nitrogens with zero attached hydrogens (tertiary/aromatic N) is 5. The van der Waals surface area contributed by atoms with Gasteiger partial charge in [0.2, 0.25) is 0 Å². The average Bonchev–Trinajstić information content (AvgIpc) is 3.88. The number of rotatable bonds is 6. The molecule has 3 aromatic heterocycles. The molecule has 0 fully saturated rings. The second-order valence-electron chi connectivity index (χ2n) is 16.4. The number of hydrogen-bond acceptors (Lipinski definition) is 3. The molecule has 0 aliphatic heterocycles. The Hall–Kier alpha value is -8.67. The molecule has 298 valence electrons. The van der Waals surface area contributed by atoms with E-state index in [4.69, 9.17) is 15.0 Å². The van der Waals surface area contributed by atoms with E-state index >= 15 is 0 Å². The van der Waals surface area contributed by atoms with E-state index in [0.717, 1.165) is 55.4 Å². The van der Waals surface area contributed by atoms with E-state index in [9.17, 15) is 0 Å². The van der Waals surface area contributed by atoms with Crippen LogP contribution >= 0.6 is 0 Å². The van der Waals surface area contributed by atoms with Crippen molar-refractivity contribution in [2.24, 2.45) is 0 Å². The van der Waals surface area contributed by atoms with Crippen molar-refractivity contribution in [2.45, 2.75) is 0 Å². The SMILES string of the molecule is c1ccc(-c2nc(-c3ccccc3)nc(-c3cc(-n4c5ccccc5c5cc6c7cc(-c8ccccc8)c8ccccc8c7n(-c7ccccc7)c6cc54)cc4ccccc34)n2)cc1. The van der Waals surface area contributed by atoms with Crippen molar-refractivity contribution in [1.29, 1.82) is 0 Å². The van der Waals surface area contributed by atoms with Gasteiger partial charge in [-0.25, -0.2) is 15.0 Å². The highest BCUT2D eigenvalue weighted by atomic mass is 15.0. The van der Waals surface area contributed by atoms with Crippen LogP contribution in [0.3, 0.4) is 0 Å². The molecule has 0 saturated heterocycles. The molecular weight excluding hydrogens is 779 g/mol. The fourth-order valence-corrected chi connectivity index (χ4v) is 9.85. The van der Waals surface area contributed by atoms with Gasteiger partial charge >= 0.3 is 0 Å². The Morgan fingerprint density at radius 3 is 1.47 bits per heavy atom. The topological polar surface area (TPSA) is 48.5 Å². The van der Waals surface area contributed by atoms with E-state index in [0.29, 0.717) is 17.5 Å². The molecule has 3 heterocycles. The molecule has 0 saturated carbocycles. The number of hydrogen-bond donors (Lipinski definition) is 0. The predicted octanol–water partition coefficient (Wildman–Crippen LogP) is 15.0. The third-order valence-corrected chi connectivity index (χ3v) is 12.7. The molecular formula is C59H37N5. The summed E-state index contributed by atoms with van der Waals surface area (Å²) in [6.45, 7) is 0. The third-order valence-electron chi connectivity index (χ3n) is 12.7. The zero-order chi connectivity index (χ0) is 42.1. The summed E-state index contributed by atoms with van der Waals surface area (Å²) in [4.78, 5) is 15.5. The Bertz CT molecular complexity index is 3870. The van der Waals surface area contributed by atoms with E-state index in [1.54, 1.807) is 0 Å². The summed E-state index contributed by atoms with van der Waals surface area (Å²) in [7, 11) is 0. The van der Waals surface area contributed by atoms with Gasteiger partial charge in [-0.15, -0.1) is 0 Å². The Kier molecular flexibility index (Phi) is 8.15. The second-order valence-corrected chi connectivity index (χ2v) is 16.4. The van der Waals surface area contributed by atoms with Crippen LogP contribution in [0.25, 0.3) is 122 Å². The van der Waals surface area contributed by atoms with E-state index in [2.05, 4.69) is 197 Å². The molecule has 0 bridgehead atoms. The van der Waals surface area contributed by atoms with E-state index in [-0.39, 0.29) is 0 Å². The van der Waals surface area contributed by atoms with Crippen LogP contribution < -0.4 is 0 Å². The monoisotopic (exact) mass is 815 g/mol. The van der Waals surface area contributed by atoms with Gasteiger partial charge in [0, 0.05) is 55.0 Å². The maximum atomic E-state index is 5.23. The smallest absolute Gasteiger partial charge is 0.164 e. The molecule has 0 radical (unpaired) electrons. The molecule has 0 aliphatic rings. The summed E-state index contributed by atoms with van der Waals surface area (Å²) < 4.78 is 4.90. The highest BCUT2D eigenvalue weighted by molar-refractivity contribution is 6.25. The summed E-state index contributed by atoms with van der Waals surface area (Å²) in [5.41, 5.74) is 12.0. The second kappa shape index (κ2) is 14.5. The van der Waals surface area contributed by atoms with Crippen molar-refractivity contribution in [1.82, 2.24) is 24.1 Å². The summed E-state index contributed by atoms with van der Waals surface area (Å²) in [5, 5.41) is 9.44. The van der Waals surface area contributed by atoms with Crippen LogP contribution in [0.1, 0.15) is 0 Å². The number of fused-ring (bicyclic) bond motifs is 9. The quantitative estimate of drug-likeness (QED) is 0.168. The molecule has 0 unspecified atom stereocenters. The van der Waals surface area contributed by atoms with Crippen molar-refractivity contribution in [3.05, 3.63) is 224 Å². The zero-order valence-corrected chi connectivity index (χ0v) is 34.6. The lowest BCUT2D eigenvalue weighted by Gasteiger charge is -2.15. The van der Waals surface area contributed by atoms with Gasteiger partial charge < -0.3 is 9.13 Å². The van der Waals surface area contributed by atoms with Gasteiger partial charge in [0.05, 0.1) is 22.1 Å². The fourth-order valence-electron chi connectivity index (χ4n) is 9.85. The van der Waals surface area contributed by atoms with Crippen molar-refractivity contribution in [3.8, 4) is 56.7 Å². The predicted molar refractivity (Wildman–Crippen MR) is 265 cm³/mol. The largest absolute Gasteiger partial charge is 0.309 e. The molecule has 0 atom stereocenters. The van der Waals surface area contributed by atoms with Crippen LogP contribution in [0.4, 0.5) is 0 Å². The summed E-state index contributed by atoms with van der Waals surface area (Å²) in [6.07, 6.45) is 0. The van der Waals surface area contributed by atoms with E-state index in [1.807, 2.05) is 36.4 Å². The fraction of sp³-hybridized carbons (Fsp3) is 0. The van der Waals surface area contributed by atoms with E-state index < -0.39 is 0 Å². The maximum Gasteiger partial charge on any atom is 0.164 e. The van der Waals surface area contributed by atoms with Crippen LogP contribution in [0, 0.1) is 0 Å². The van der Waals surface area contributed by atoms with Crippen LogP contribution in [-0.4, -0.2) is 24.1 Å². The summed E-state index contributed by atoms with van der Waals surface area (Å²) in [5.74, 6) is 1.89. The van der Waals surface area contributed by atoms with Gasteiger partial charge in [-0.2, -0.15) is 0 Å². The Morgan fingerprint density at radius 2 is 0.781 bits per heavy atom. The molecule has 13 rings (SSSR count). The third kappa shape index (κ3) is 5.68. The highest BCUT2D eigenvalue weighted by Gasteiger charge is 2.23. The number of benzene rings is 10. The highest BCUT2D eigenvalue weighted by Crippen LogP contribution is 2.45. The molecule has 0 amide bonds. The molecule has 13 aromatic rings. The lowest BCUT2D eigenvalue weighted by Crippen LogP contribution is -2.02. The van der Waals surface area contributed by atoms with E-state index in [1.165, 1.54) is 49.0 Å². The van der Waals surface area contributed by atoms with Crippen LogP contribution in [0.2, 0.25) is 0 Å². The molecule has 10 aromatic carbocycles. The Balaban J connectivity index is 1.13. The summed E-state index contributed by atoms with van der Waals surface area (Å²) >= 11 is 0. The van der Waals surface area contributed by atoms with Crippen molar-refractivity contribution >= 4 is 65.2 Å². The van der Waals surface area contributed by atoms with Crippen molar-refractivity contribution in [2.75, 3.05) is 0 Å². The van der Waals surface area contributed by atoms with Crippen molar-refractivity contribution < 1.29 is 0 Å². The van der Waals surface area contributed by atoms with Crippen LogP contribution in [0.5, 0.6) is 0 Å². The summed E-state index contributed by atoms with van der Waals surface area (Å²) in [6, 6.07) is 80.0. The van der Waals surface area contributed by atoms with Crippen molar-refractivity contribution in [3.63, 3.8) is 0 Å². The van der Waals surface area contributed by atoms with Crippen LogP contribution in [0.15, 0.2) is 224 Å². The maximum absolute atomic E-state index is 5.23. The first-order valence-corrected chi connectivity index (χ1v) is 21.7. The molecule has 5 heteroatoms. The minimum Gasteiger partial charge on any atom is -0.309 e. The van der Waals surface area contributed by atoms with Crippen LogP contribution in [-0.2, 0) is 0 Å². The zero-order valence-electron chi connectivity index (χ0n) is 34.6. The first-order valence-electron chi connectivity index (χ1n) is 21.7. The lowest BCUT2D eigenvalue weighted by atomic mass is 9.95. The Labute approximate surface area is 368 Å². The van der Waals surface area contributed by atoms with Gasteiger partial charge in [0.1, 0.15) is 0 Å². The molecule has 0 aliphatic carbocycles. The minimum atomic E-state index is 0.624. The first kappa shape index (κ1) is 36.0. The molecule has 64 heavy (non-hydrogen) atoms. The van der Waals surface area contributed by atoms with Gasteiger partial charge in [-0.3, -0.25) is 0 Å². The standard InChI is InChI=1S/C59H37N5/c1-5-19-38(20-6-1)48-35-51-50-36-49-46-30-17-18-32-53(46)63(54(49)37-55(50)64(42-26-11-4-12-27-42)56(51)47-31-16-15-29-45(47)48)43-33-41-25-13-14-28-44(41)52(34-43)59-61-57(39-21-7-2-8-22-39)60-58(62-59)40-23-9-3-10-24-40/h1-37H. The average molecular weight is 816 g/mol. The minimum absolute atomic E-state index is 0.624. The molecule has 0 N–H and O–H groups in total. The van der Waals surface area contributed by atoms with Gasteiger partial charge in [0.15, 0.2) is 17.5 Å². The van der Waals surface area contributed by atoms with Gasteiger partial charge in [-0.05, 0) is 75.8 Å². The number of para-hydroxylation sites is 2. The van der Waals surface area contributed by atoms with Gasteiger partial charge in [0.25, 0.3) is 0 Å². The lowest BCUT2D eigenvalue weighted by molar-refractivity contribution is 1.07.